The van der Waals surface area contributed by atoms with E-state index in [-0.39, 0.29) is 16.5 Å². The number of esters is 1. The molecule has 0 saturated carbocycles. The van der Waals surface area contributed by atoms with E-state index in [0.29, 0.717) is 31.7 Å². The molecule has 2 amide bonds. The van der Waals surface area contributed by atoms with Gasteiger partial charge in [-0.1, -0.05) is 11.6 Å². The number of hydrazine groups is 1. The number of ether oxygens (including phenoxy) is 2. The number of halogens is 2. The minimum Gasteiger partial charge on any atom is -0.471 e. The van der Waals surface area contributed by atoms with E-state index in [1.54, 1.807) is 6.07 Å². The van der Waals surface area contributed by atoms with Crippen molar-refractivity contribution < 1.29 is 28.2 Å². The molecule has 1 aromatic heterocycles. The SMILES string of the molecule is CC(=O)OCC(=O)NNC(=O)c1ccc(N2CCC(C#N)(Oc3cc(F)ccc3Cl)CC2)nn1. The van der Waals surface area contributed by atoms with E-state index in [9.17, 15) is 24.0 Å². The van der Waals surface area contributed by atoms with Gasteiger partial charge in [-0.05, 0) is 24.3 Å². The van der Waals surface area contributed by atoms with Crippen LogP contribution < -0.4 is 20.5 Å². The van der Waals surface area contributed by atoms with E-state index in [1.807, 2.05) is 4.90 Å². The lowest BCUT2D eigenvalue weighted by Crippen LogP contribution is -2.47. The highest BCUT2D eigenvalue weighted by atomic mass is 35.5. The molecule has 0 unspecified atom stereocenters. The molecule has 11 nitrogen and oxygen atoms in total. The van der Waals surface area contributed by atoms with E-state index in [1.165, 1.54) is 18.2 Å². The van der Waals surface area contributed by atoms with Crippen LogP contribution in [0.5, 0.6) is 5.75 Å². The number of rotatable bonds is 6. The molecule has 1 saturated heterocycles. The van der Waals surface area contributed by atoms with Crippen LogP contribution in [-0.4, -0.2) is 53.3 Å². The predicted molar refractivity (Wildman–Crippen MR) is 116 cm³/mol. The first kappa shape index (κ1) is 24.7. The van der Waals surface area contributed by atoms with Crippen LogP contribution in [-0.2, 0) is 14.3 Å². The highest BCUT2D eigenvalue weighted by molar-refractivity contribution is 6.32. The lowest BCUT2D eigenvalue weighted by Gasteiger charge is -2.37. The predicted octanol–water partition coefficient (Wildman–Crippen LogP) is 1.53. The Morgan fingerprint density at radius 3 is 2.56 bits per heavy atom. The summed E-state index contributed by atoms with van der Waals surface area (Å²) >= 11 is 6.06. The van der Waals surface area contributed by atoms with Gasteiger partial charge in [0.1, 0.15) is 17.6 Å². The molecule has 2 N–H and O–H groups in total. The van der Waals surface area contributed by atoms with Gasteiger partial charge < -0.3 is 14.4 Å². The van der Waals surface area contributed by atoms with Gasteiger partial charge in [-0.15, -0.1) is 10.2 Å². The number of nitrogens with zero attached hydrogens (tertiary/aromatic N) is 4. The molecule has 0 spiro atoms. The number of benzene rings is 1. The first-order valence-corrected chi connectivity index (χ1v) is 10.5. The summed E-state index contributed by atoms with van der Waals surface area (Å²) < 4.78 is 23.9. The number of nitrogens with one attached hydrogen (secondary N) is 2. The van der Waals surface area contributed by atoms with Gasteiger partial charge in [-0.3, -0.25) is 25.2 Å². The number of hydrogen-bond donors (Lipinski definition) is 2. The van der Waals surface area contributed by atoms with Gasteiger partial charge in [-0.25, -0.2) is 4.39 Å². The summed E-state index contributed by atoms with van der Waals surface area (Å²) in [6.45, 7) is 1.41. The lowest BCUT2D eigenvalue weighted by atomic mass is 9.92. The van der Waals surface area contributed by atoms with Crippen LogP contribution in [0, 0.1) is 17.1 Å². The number of aromatic nitrogens is 2. The Labute approximate surface area is 198 Å². The zero-order chi connectivity index (χ0) is 24.7. The van der Waals surface area contributed by atoms with Gasteiger partial charge in [0.2, 0.25) is 0 Å². The normalized spacial score (nSPS) is 14.5. The Morgan fingerprint density at radius 2 is 1.94 bits per heavy atom. The molecule has 0 atom stereocenters. The van der Waals surface area contributed by atoms with Gasteiger partial charge in [0.05, 0.1) is 5.02 Å². The summed E-state index contributed by atoms with van der Waals surface area (Å²) in [5.41, 5.74) is 2.99. The van der Waals surface area contributed by atoms with Crippen LogP contribution in [0.4, 0.5) is 10.2 Å². The molecule has 1 aliphatic heterocycles. The van der Waals surface area contributed by atoms with Crippen LogP contribution in [0.1, 0.15) is 30.3 Å². The van der Waals surface area contributed by atoms with Crippen molar-refractivity contribution in [2.45, 2.75) is 25.4 Å². The Bertz CT molecular complexity index is 1120. The standard InChI is InChI=1S/C21H20ClFN6O5/c1-13(30)33-11-19(31)27-28-20(32)16-4-5-18(26-25-16)29-8-6-21(12-24,7-9-29)34-17-10-14(23)2-3-15(17)22/h2-5,10H,6-9,11H2,1H3,(H,27,31)(H,28,32). The lowest BCUT2D eigenvalue weighted by molar-refractivity contribution is -0.146. The minimum atomic E-state index is -1.18. The second-order valence-electron chi connectivity index (χ2n) is 7.33. The third-order valence-electron chi connectivity index (χ3n) is 4.90. The van der Waals surface area contributed by atoms with Gasteiger partial charge in [0, 0.05) is 38.9 Å². The molecule has 0 aliphatic carbocycles. The molecule has 1 fully saturated rings. The van der Waals surface area contributed by atoms with Crippen LogP contribution in [0.2, 0.25) is 5.02 Å². The first-order valence-electron chi connectivity index (χ1n) is 10.1. The Morgan fingerprint density at radius 1 is 1.21 bits per heavy atom. The van der Waals surface area contributed by atoms with Crippen molar-refractivity contribution in [2.24, 2.45) is 0 Å². The largest absolute Gasteiger partial charge is 0.471 e. The van der Waals surface area contributed by atoms with Crippen molar-refractivity contribution in [1.29, 1.82) is 5.26 Å². The van der Waals surface area contributed by atoms with Gasteiger partial charge in [-0.2, -0.15) is 5.26 Å². The molecular formula is C21H20ClFN6O5. The van der Waals surface area contributed by atoms with E-state index >= 15 is 0 Å². The number of anilines is 1. The first-order chi connectivity index (χ1) is 16.2. The van der Waals surface area contributed by atoms with Crippen molar-refractivity contribution >= 4 is 35.2 Å². The summed E-state index contributed by atoms with van der Waals surface area (Å²) in [5, 5.41) is 17.8. The fourth-order valence-electron chi connectivity index (χ4n) is 3.11. The van der Waals surface area contributed by atoms with Crippen molar-refractivity contribution in [3.63, 3.8) is 0 Å². The van der Waals surface area contributed by atoms with Crippen LogP contribution in [0.3, 0.4) is 0 Å². The number of piperidine rings is 1. The Kier molecular flexibility index (Phi) is 7.80. The number of nitriles is 1. The Hall–Kier alpha value is -3.98. The number of carbonyl (C=O) groups is 3. The molecule has 178 valence electrons. The number of carbonyl (C=O) groups excluding carboxylic acids is 3. The highest BCUT2D eigenvalue weighted by Gasteiger charge is 2.38. The zero-order valence-electron chi connectivity index (χ0n) is 18.0. The smallest absolute Gasteiger partial charge is 0.303 e. The van der Waals surface area contributed by atoms with Gasteiger partial charge >= 0.3 is 5.97 Å². The summed E-state index contributed by atoms with van der Waals surface area (Å²) in [7, 11) is 0. The van der Waals surface area contributed by atoms with Crippen molar-refractivity contribution in [3.05, 3.63) is 46.9 Å². The molecule has 0 bridgehead atoms. The maximum absolute atomic E-state index is 13.5. The van der Waals surface area contributed by atoms with Crippen molar-refractivity contribution in [2.75, 3.05) is 24.6 Å². The fraction of sp³-hybridized carbons (Fsp3) is 0.333. The second-order valence-corrected chi connectivity index (χ2v) is 7.74. The average Bonchev–Trinajstić information content (AvgIpc) is 2.84. The molecule has 34 heavy (non-hydrogen) atoms. The van der Waals surface area contributed by atoms with Gasteiger partial charge in [0.15, 0.2) is 23.7 Å². The maximum atomic E-state index is 13.5. The van der Waals surface area contributed by atoms with E-state index in [2.05, 4.69) is 31.9 Å². The quantitative estimate of drug-likeness (QED) is 0.454. The molecule has 13 heteroatoms. The molecule has 2 heterocycles. The van der Waals surface area contributed by atoms with E-state index < -0.39 is 35.8 Å². The zero-order valence-corrected chi connectivity index (χ0v) is 18.8. The molecule has 0 radical (unpaired) electrons. The molecule has 1 aromatic carbocycles. The summed E-state index contributed by atoms with van der Waals surface area (Å²) in [6, 6.07) is 8.87. The monoisotopic (exact) mass is 490 g/mol. The summed E-state index contributed by atoms with van der Waals surface area (Å²) in [6.07, 6.45) is 0.600. The molecular weight excluding hydrogens is 471 g/mol. The minimum absolute atomic E-state index is 0.0519. The summed E-state index contributed by atoms with van der Waals surface area (Å²) in [4.78, 5) is 36.1. The Balaban J connectivity index is 1.55. The van der Waals surface area contributed by atoms with Crippen molar-refractivity contribution in [1.82, 2.24) is 21.0 Å². The number of amides is 2. The molecule has 3 rings (SSSR count). The van der Waals surface area contributed by atoms with Crippen molar-refractivity contribution in [3.8, 4) is 11.8 Å². The maximum Gasteiger partial charge on any atom is 0.303 e. The number of hydrogen-bond acceptors (Lipinski definition) is 9. The van der Waals surface area contributed by atoms with E-state index in [0.717, 1.165) is 13.0 Å². The van der Waals surface area contributed by atoms with Crippen LogP contribution >= 0.6 is 11.6 Å². The van der Waals surface area contributed by atoms with Crippen LogP contribution in [0.25, 0.3) is 0 Å². The fourth-order valence-corrected chi connectivity index (χ4v) is 3.26. The highest BCUT2D eigenvalue weighted by Crippen LogP contribution is 2.34. The van der Waals surface area contributed by atoms with E-state index in [4.69, 9.17) is 16.3 Å². The summed E-state index contributed by atoms with van der Waals surface area (Å²) in [5.74, 6) is -2.00. The average molecular weight is 491 g/mol. The third kappa shape index (κ3) is 6.29. The van der Waals surface area contributed by atoms with Gasteiger partial charge in [0.25, 0.3) is 11.8 Å². The topological polar surface area (TPSA) is 147 Å². The third-order valence-corrected chi connectivity index (χ3v) is 5.21. The van der Waals surface area contributed by atoms with Crippen LogP contribution in [0.15, 0.2) is 30.3 Å². The molecule has 1 aliphatic rings. The molecule has 2 aromatic rings. The second kappa shape index (κ2) is 10.8.